The average Bonchev–Trinajstić information content (AvgIpc) is 2.71. The fourth-order valence-electron chi connectivity index (χ4n) is 1.90. The Hall–Kier alpha value is -0.870. The molecule has 16 heavy (non-hydrogen) atoms. The number of rotatable bonds is 2. The van der Waals surface area contributed by atoms with Crippen LogP contribution in [0.4, 0.5) is 0 Å². The number of carbonyl (C=O) groups excluding carboxylic acids is 1. The molecule has 0 unspecified atom stereocenters. The van der Waals surface area contributed by atoms with E-state index in [1.165, 1.54) is 10.4 Å². The second-order valence-corrected chi connectivity index (χ2v) is 5.21. The maximum Gasteiger partial charge on any atom is 0.264 e. The van der Waals surface area contributed by atoms with Crippen LogP contribution in [0.3, 0.4) is 0 Å². The molecule has 1 amide bonds. The van der Waals surface area contributed by atoms with Gasteiger partial charge in [-0.2, -0.15) is 0 Å². The molecule has 0 saturated carbocycles. The Labute approximate surface area is 100 Å². The van der Waals surface area contributed by atoms with E-state index in [1.54, 1.807) is 11.3 Å². The second kappa shape index (κ2) is 4.97. The third-order valence-corrected chi connectivity index (χ3v) is 3.99. The minimum absolute atomic E-state index is 0.163. The normalized spacial score (nSPS) is 16.5. The van der Waals surface area contributed by atoms with Crippen LogP contribution in [-0.4, -0.2) is 37.1 Å². The van der Waals surface area contributed by atoms with Gasteiger partial charge in [0.1, 0.15) is 0 Å². The SMILES string of the molecule is CCc1cc(C(=O)N2CCOCC2)sc1C. The summed E-state index contributed by atoms with van der Waals surface area (Å²) in [5.74, 6) is 0.163. The molecule has 2 heterocycles. The fourth-order valence-corrected chi connectivity index (χ4v) is 2.98. The molecule has 0 atom stereocenters. The number of hydrogen-bond acceptors (Lipinski definition) is 3. The number of ether oxygens (including phenoxy) is 1. The van der Waals surface area contributed by atoms with Crippen molar-refractivity contribution in [1.29, 1.82) is 0 Å². The Kier molecular flexibility index (Phi) is 3.61. The maximum absolute atomic E-state index is 12.2. The zero-order valence-corrected chi connectivity index (χ0v) is 10.6. The van der Waals surface area contributed by atoms with E-state index in [9.17, 15) is 4.79 Å². The highest BCUT2D eigenvalue weighted by Crippen LogP contribution is 2.23. The summed E-state index contributed by atoms with van der Waals surface area (Å²) in [5.41, 5.74) is 1.29. The van der Waals surface area contributed by atoms with Crippen LogP contribution in [0.2, 0.25) is 0 Å². The molecule has 1 fully saturated rings. The van der Waals surface area contributed by atoms with Crippen LogP contribution < -0.4 is 0 Å². The predicted octanol–water partition coefficient (Wildman–Crippen LogP) is 2.09. The number of nitrogens with zero attached hydrogens (tertiary/aromatic N) is 1. The van der Waals surface area contributed by atoms with Gasteiger partial charge in [0.15, 0.2) is 0 Å². The number of morpholine rings is 1. The standard InChI is InChI=1S/C12H17NO2S/c1-3-10-8-11(16-9(10)2)12(14)13-4-6-15-7-5-13/h8H,3-7H2,1-2H3. The van der Waals surface area contributed by atoms with Crippen molar-refractivity contribution in [3.8, 4) is 0 Å². The molecule has 0 N–H and O–H groups in total. The summed E-state index contributed by atoms with van der Waals surface area (Å²) in [5, 5.41) is 0. The lowest BCUT2D eigenvalue weighted by Crippen LogP contribution is -2.40. The van der Waals surface area contributed by atoms with Gasteiger partial charge in [0.25, 0.3) is 5.91 Å². The molecule has 1 aliphatic heterocycles. The molecule has 3 nitrogen and oxygen atoms in total. The van der Waals surface area contributed by atoms with Gasteiger partial charge in [0.2, 0.25) is 0 Å². The van der Waals surface area contributed by atoms with E-state index < -0.39 is 0 Å². The van der Waals surface area contributed by atoms with Crippen LogP contribution in [0.5, 0.6) is 0 Å². The molecule has 0 bridgehead atoms. The zero-order chi connectivity index (χ0) is 11.5. The van der Waals surface area contributed by atoms with Gasteiger partial charge >= 0.3 is 0 Å². The average molecular weight is 239 g/mol. The van der Waals surface area contributed by atoms with E-state index in [1.807, 2.05) is 11.0 Å². The molecule has 0 aliphatic carbocycles. The van der Waals surface area contributed by atoms with Crippen LogP contribution in [0, 0.1) is 6.92 Å². The van der Waals surface area contributed by atoms with Crippen LogP contribution in [-0.2, 0) is 11.2 Å². The summed E-state index contributed by atoms with van der Waals surface area (Å²) in [6, 6.07) is 2.04. The molecular formula is C12H17NO2S. The van der Waals surface area contributed by atoms with Gasteiger partial charge in [-0.25, -0.2) is 0 Å². The van der Waals surface area contributed by atoms with Gasteiger partial charge in [-0.05, 0) is 25.0 Å². The number of carbonyl (C=O) groups is 1. The number of thiophene rings is 1. The molecule has 88 valence electrons. The molecule has 1 aromatic heterocycles. The number of amides is 1. The first kappa shape index (κ1) is 11.6. The Morgan fingerprint density at radius 2 is 2.19 bits per heavy atom. The fraction of sp³-hybridized carbons (Fsp3) is 0.583. The van der Waals surface area contributed by atoms with Gasteiger partial charge in [0, 0.05) is 18.0 Å². The predicted molar refractivity (Wildman–Crippen MR) is 65.2 cm³/mol. The first-order valence-electron chi connectivity index (χ1n) is 5.68. The quantitative estimate of drug-likeness (QED) is 0.791. The van der Waals surface area contributed by atoms with Crippen molar-refractivity contribution in [2.24, 2.45) is 0 Å². The molecule has 1 saturated heterocycles. The molecule has 1 aliphatic rings. The first-order valence-corrected chi connectivity index (χ1v) is 6.50. The van der Waals surface area contributed by atoms with Gasteiger partial charge in [-0.15, -0.1) is 11.3 Å². The van der Waals surface area contributed by atoms with E-state index >= 15 is 0 Å². The molecule has 0 aromatic carbocycles. The lowest BCUT2D eigenvalue weighted by atomic mass is 10.2. The Morgan fingerprint density at radius 3 is 2.75 bits per heavy atom. The van der Waals surface area contributed by atoms with Crippen LogP contribution in [0.25, 0.3) is 0 Å². The van der Waals surface area contributed by atoms with Crippen molar-refractivity contribution < 1.29 is 9.53 Å². The topological polar surface area (TPSA) is 29.5 Å². The van der Waals surface area contributed by atoms with Crippen molar-refractivity contribution >= 4 is 17.2 Å². The van der Waals surface area contributed by atoms with E-state index in [4.69, 9.17) is 4.74 Å². The Morgan fingerprint density at radius 1 is 1.50 bits per heavy atom. The number of aryl methyl sites for hydroxylation is 2. The van der Waals surface area contributed by atoms with Gasteiger partial charge in [-0.1, -0.05) is 6.92 Å². The van der Waals surface area contributed by atoms with Crippen LogP contribution in [0.15, 0.2) is 6.07 Å². The highest BCUT2D eigenvalue weighted by atomic mass is 32.1. The molecule has 2 rings (SSSR count). The van der Waals surface area contributed by atoms with Gasteiger partial charge in [0.05, 0.1) is 18.1 Å². The van der Waals surface area contributed by atoms with Crippen molar-refractivity contribution in [2.45, 2.75) is 20.3 Å². The van der Waals surface area contributed by atoms with Crippen molar-refractivity contribution in [2.75, 3.05) is 26.3 Å². The summed E-state index contributed by atoms with van der Waals surface area (Å²) in [6.45, 7) is 6.97. The summed E-state index contributed by atoms with van der Waals surface area (Å²) in [6.07, 6.45) is 0.999. The van der Waals surface area contributed by atoms with E-state index in [-0.39, 0.29) is 5.91 Å². The third kappa shape index (κ3) is 2.28. The molecule has 1 aromatic rings. The molecule has 0 spiro atoms. The molecule has 0 radical (unpaired) electrons. The minimum Gasteiger partial charge on any atom is -0.378 e. The van der Waals surface area contributed by atoms with E-state index in [2.05, 4.69) is 13.8 Å². The molecule has 4 heteroatoms. The first-order chi connectivity index (χ1) is 7.72. The van der Waals surface area contributed by atoms with Crippen molar-refractivity contribution in [3.05, 3.63) is 21.4 Å². The van der Waals surface area contributed by atoms with Crippen LogP contribution in [0.1, 0.15) is 27.0 Å². The lowest BCUT2D eigenvalue weighted by Gasteiger charge is -2.26. The number of hydrogen-bond donors (Lipinski definition) is 0. The smallest absolute Gasteiger partial charge is 0.264 e. The third-order valence-electron chi connectivity index (χ3n) is 2.91. The van der Waals surface area contributed by atoms with Crippen LogP contribution >= 0.6 is 11.3 Å². The highest BCUT2D eigenvalue weighted by Gasteiger charge is 2.20. The van der Waals surface area contributed by atoms with Gasteiger partial charge in [-0.3, -0.25) is 4.79 Å². The summed E-state index contributed by atoms with van der Waals surface area (Å²) >= 11 is 1.61. The Bertz CT molecular complexity index is 380. The monoisotopic (exact) mass is 239 g/mol. The summed E-state index contributed by atoms with van der Waals surface area (Å²) in [7, 11) is 0. The largest absolute Gasteiger partial charge is 0.378 e. The lowest BCUT2D eigenvalue weighted by molar-refractivity contribution is 0.0306. The summed E-state index contributed by atoms with van der Waals surface area (Å²) < 4.78 is 5.25. The zero-order valence-electron chi connectivity index (χ0n) is 9.78. The van der Waals surface area contributed by atoms with Crippen molar-refractivity contribution in [1.82, 2.24) is 4.90 Å². The Balaban J connectivity index is 2.13. The van der Waals surface area contributed by atoms with E-state index in [0.717, 1.165) is 24.4 Å². The van der Waals surface area contributed by atoms with Gasteiger partial charge < -0.3 is 9.64 Å². The molecular weight excluding hydrogens is 222 g/mol. The second-order valence-electron chi connectivity index (χ2n) is 3.95. The highest BCUT2D eigenvalue weighted by molar-refractivity contribution is 7.14. The van der Waals surface area contributed by atoms with Crippen molar-refractivity contribution in [3.63, 3.8) is 0 Å². The summed E-state index contributed by atoms with van der Waals surface area (Å²) in [4.78, 5) is 16.2. The van der Waals surface area contributed by atoms with E-state index in [0.29, 0.717) is 13.2 Å². The minimum atomic E-state index is 0.163. The maximum atomic E-state index is 12.2.